The van der Waals surface area contributed by atoms with Crippen molar-refractivity contribution in [2.45, 2.75) is 108 Å². The molecule has 0 unspecified atom stereocenters. The van der Waals surface area contributed by atoms with E-state index in [4.69, 9.17) is 8.85 Å². The second kappa shape index (κ2) is 11.5. The lowest BCUT2D eigenvalue weighted by atomic mass is 10.1. The van der Waals surface area contributed by atoms with E-state index in [9.17, 15) is 9.90 Å². The van der Waals surface area contributed by atoms with E-state index in [-0.39, 0.29) is 28.7 Å². The first-order chi connectivity index (χ1) is 14.4. The van der Waals surface area contributed by atoms with Crippen LogP contribution in [0.3, 0.4) is 0 Å². The normalized spacial score (nSPS) is 15.7. The number of aliphatic carboxylic acids is 1. The topological polar surface area (TPSA) is 55.8 Å². The summed E-state index contributed by atoms with van der Waals surface area (Å²) in [6, 6.07) is 10.2. The van der Waals surface area contributed by atoms with Crippen LogP contribution in [0.5, 0.6) is 0 Å². The lowest BCUT2D eigenvalue weighted by Gasteiger charge is -2.42. The fraction of sp³-hybridized carbons (Fsp3) is 0.640. The van der Waals surface area contributed by atoms with Gasteiger partial charge in [0.2, 0.25) is 0 Å². The summed E-state index contributed by atoms with van der Waals surface area (Å²) >= 11 is 1.65. The van der Waals surface area contributed by atoms with Gasteiger partial charge in [-0.2, -0.15) is 0 Å². The summed E-state index contributed by atoms with van der Waals surface area (Å²) in [7, 11) is -4.17. The second-order valence-electron chi connectivity index (χ2n) is 11.5. The highest BCUT2D eigenvalue weighted by Gasteiger charge is 2.42. The minimum absolute atomic E-state index is 0.0104. The zero-order valence-corrected chi connectivity index (χ0v) is 24.5. The van der Waals surface area contributed by atoms with Crippen molar-refractivity contribution in [3.8, 4) is 0 Å². The van der Waals surface area contributed by atoms with Crippen LogP contribution in [0.4, 0.5) is 0 Å². The van der Waals surface area contributed by atoms with Gasteiger partial charge in [0.05, 0.1) is 18.6 Å². The summed E-state index contributed by atoms with van der Waals surface area (Å²) in [6.07, 6.45) is 2.04. The molecule has 182 valence electrons. The van der Waals surface area contributed by atoms with E-state index in [1.165, 1.54) is 0 Å². The lowest BCUT2D eigenvalue weighted by molar-refractivity contribution is -0.139. The molecule has 32 heavy (non-hydrogen) atoms. The Balaban J connectivity index is 3.13. The van der Waals surface area contributed by atoms with Crippen LogP contribution in [0.2, 0.25) is 36.3 Å². The Morgan fingerprint density at radius 3 is 1.94 bits per heavy atom. The molecular formula is C25H44O4SSi2. The minimum Gasteiger partial charge on any atom is -0.481 e. The van der Waals surface area contributed by atoms with Crippen LogP contribution in [0, 0.1) is 0 Å². The molecule has 2 atom stereocenters. The summed E-state index contributed by atoms with van der Waals surface area (Å²) in [5, 5.41) is 11.7. The molecule has 1 N–H and O–H groups in total. The van der Waals surface area contributed by atoms with Gasteiger partial charge in [0.25, 0.3) is 0 Å². The average Bonchev–Trinajstić information content (AvgIpc) is 2.59. The van der Waals surface area contributed by atoms with Gasteiger partial charge in [-0.3, -0.25) is 4.79 Å². The Hall–Kier alpha value is -0.866. The van der Waals surface area contributed by atoms with Gasteiger partial charge in [0.1, 0.15) is 0 Å². The predicted molar refractivity (Wildman–Crippen MR) is 142 cm³/mol. The standard InChI is InChI=1S/C25H44O4SSi2/c1-24(2,3)31(7,8)28-20(16-17-30-22-14-12-11-13-15-22)18-21(19-23(26)27)29-32(9,10)25(4,5)6/h11-17,20-21H,18-19H2,1-10H3,(H,26,27)/b17-16+/t20-,21-/m1/s1. The Morgan fingerprint density at radius 1 is 0.969 bits per heavy atom. The third kappa shape index (κ3) is 9.55. The number of hydrogen-bond donors (Lipinski definition) is 1. The summed E-state index contributed by atoms with van der Waals surface area (Å²) in [5.41, 5.74) is 0. The van der Waals surface area contributed by atoms with Crippen LogP contribution in [-0.4, -0.2) is 39.9 Å². The maximum Gasteiger partial charge on any atom is 0.305 e. The van der Waals surface area contributed by atoms with E-state index in [0.717, 1.165) is 4.90 Å². The van der Waals surface area contributed by atoms with Gasteiger partial charge in [0, 0.05) is 11.3 Å². The number of carboxylic acids is 1. The highest BCUT2D eigenvalue weighted by molar-refractivity contribution is 8.02. The van der Waals surface area contributed by atoms with Crippen LogP contribution in [0.1, 0.15) is 54.4 Å². The molecule has 0 spiro atoms. The lowest BCUT2D eigenvalue weighted by Crippen LogP contribution is -2.47. The van der Waals surface area contributed by atoms with Crippen LogP contribution in [0.15, 0.2) is 46.7 Å². The van der Waals surface area contributed by atoms with Crippen molar-refractivity contribution in [2.24, 2.45) is 0 Å². The molecule has 0 aliphatic heterocycles. The molecule has 1 aromatic carbocycles. The maximum absolute atomic E-state index is 11.7. The van der Waals surface area contributed by atoms with Crippen molar-refractivity contribution in [3.63, 3.8) is 0 Å². The van der Waals surface area contributed by atoms with Gasteiger partial charge in [-0.05, 0) is 53.8 Å². The van der Waals surface area contributed by atoms with Crippen LogP contribution in [-0.2, 0) is 13.6 Å². The van der Waals surface area contributed by atoms with E-state index in [1.807, 2.05) is 18.2 Å². The van der Waals surface area contributed by atoms with Crippen LogP contribution < -0.4 is 0 Å². The maximum atomic E-state index is 11.7. The largest absolute Gasteiger partial charge is 0.481 e. The van der Waals surface area contributed by atoms with E-state index >= 15 is 0 Å². The Kier molecular flexibility index (Phi) is 10.5. The smallest absolute Gasteiger partial charge is 0.305 e. The second-order valence-corrected chi connectivity index (χ2v) is 22.0. The molecule has 0 heterocycles. The van der Waals surface area contributed by atoms with Crippen molar-refractivity contribution in [1.29, 1.82) is 0 Å². The predicted octanol–water partition coefficient (Wildman–Crippen LogP) is 7.94. The molecule has 0 aliphatic carbocycles. The first kappa shape index (κ1) is 29.2. The van der Waals surface area contributed by atoms with Gasteiger partial charge in [-0.1, -0.05) is 77.6 Å². The highest BCUT2D eigenvalue weighted by Crippen LogP contribution is 2.40. The molecule has 0 radical (unpaired) electrons. The highest BCUT2D eigenvalue weighted by atomic mass is 32.2. The molecule has 0 saturated heterocycles. The molecule has 7 heteroatoms. The third-order valence-electron chi connectivity index (χ3n) is 6.66. The van der Waals surface area contributed by atoms with Gasteiger partial charge in [-0.25, -0.2) is 0 Å². The SMILES string of the molecule is CC(C)(C)[Si](C)(C)O[C@@H](CC(=O)O)C[C@@H](/C=C/Sc1ccccc1)O[Si](C)(C)C(C)(C)C. The number of thioether (sulfide) groups is 1. The average molecular weight is 497 g/mol. The molecule has 4 nitrogen and oxygen atoms in total. The summed E-state index contributed by atoms with van der Waals surface area (Å²) in [5.74, 6) is -0.831. The fourth-order valence-corrected chi connectivity index (χ4v) is 6.02. The number of rotatable bonds is 11. The Labute approximate surface area is 202 Å². The molecule has 0 bridgehead atoms. The van der Waals surface area contributed by atoms with Crippen molar-refractivity contribution in [3.05, 3.63) is 41.8 Å². The first-order valence-electron chi connectivity index (χ1n) is 11.4. The van der Waals surface area contributed by atoms with Crippen molar-refractivity contribution in [2.75, 3.05) is 0 Å². The van der Waals surface area contributed by atoms with Gasteiger partial charge < -0.3 is 14.0 Å². The van der Waals surface area contributed by atoms with E-state index < -0.39 is 22.6 Å². The fourth-order valence-electron chi connectivity index (χ4n) is 2.65. The van der Waals surface area contributed by atoms with Gasteiger partial charge >= 0.3 is 5.97 Å². The van der Waals surface area contributed by atoms with Crippen molar-refractivity contribution >= 4 is 34.4 Å². The molecule has 1 aromatic rings. The van der Waals surface area contributed by atoms with Gasteiger partial charge in [-0.15, -0.1) is 0 Å². The van der Waals surface area contributed by atoms with E-state index in [1.54, 1.807) is 11.8 Å². The summed E-state index contributed by atoms with van der Waals surface area (Å²) < 4.78 is 13.3. The molecule has 1 rings (SSSR count). The molecule has 0 saturated carbocycles. The quantitative estimate of drug-likeness (QED) is 0.249. The Morgan fingerprint density at radius 2 is 1.47 bits per heavy atom. The molecular weight excluding hydrogens is 453 g/mol. The monoisotopic (exact) mass is 496 g/mol. The Bertz CT molecular complexity index is 749. The van der Waals surface area contributed by atoms with Crippen LogP contribution >= 0.6 is 11.8 Å². The number of carbonyl (C=O) groups is 1. The van der Waals surface area contributed by atoms with E-state index in [0.29, 0.717) is 6.42 Å². The third-order valence-corrected chi connectivity index (χ3v) is 16.5. The number of benzene rings is 1. The zero-order valence-electron chi connectivity index (χ0n) is 21.7. The molecule has 0 aromatic heterocycles. The zero-order chi connectivity index (χ0) is 24.8. The molecule has 0 amide bonds. The number of hydrogen-bond acceptors (Lipinski definition) is 4. The first-order valence-corrected chi connectivity index (χ1v) is 18.1. The van der Waals surface area contributed by atoms with Crippen molar-refractivity contribution < 1.29 is 18.8 Å². The molecule has 0 fully saturated rings. The summed E-state index contributed by atoms with van der Waals surface area (Å²) in [6.45, 7) is 22.0. The van der Waals surface area contributed by atoms with Crippen molar-refractivity contribution in [1.82, 2.24) is 0 Å². The summed E-state index contributed by atoms with van der Waals surface area (Å²) in [4.78, 5) is 12.8. The van der Waals surface area contributed by atoms with Crippen LogP contribution in [0.25, 0.3) is 0 Å². The van der Waals surface area contributed by atoms with Gasteiger partial charge in [0.15, 0.2) is 16.6 Å². The number of carboxylic acid groups (broad SMARTS) is 1. The minimum atomic E-state index is -2.12. The molecule has 0 aliphatic rings. The van der Waals surface area contributed by atoms with E-state index in [2.05, 4.69) is 91.3 Å².